The fraction of sp³-hybridized carbons (Fsp3) is 0.385. The van der Waals surface area contributed by atoms with Crippen LogP contribution in [0, 0.1) is 0 Å². The van der Waals surface area contributed by atoms with E-state index in [2.05, 4.69) is 4.74 Å². The van der Waals surface area contributed by atoms with Gasteiger partial charge in [-0.05, 0) is 24.3 Å². The van der Waals surface area contributed by atoms with Crippen LogP contribution in [0.4, 0.5) is 0 Å². The van der Waals surface area contributed by atoms with Crippen LogP contribution in [-0.2, 0) is 4.74 Å². The first-order chi connectivity index (χ1) is 8.15. The van der Waals surface area contributed by atoms with E-state index in [0.29, 0.717) is 5.56 Å². The third-order valence-electron chi connectivity index (χ3n) is 1.55. The number of hydrogen-bond acceptors (Lipinski definition) is 3. The topological polar surface area (TPSA) is 63.6 Å². The second kappa shape index (κ2) is 10.7. The van der Waals surface area contributed by atoms with Gasteiger partial charge >= 0.3 is 11.9 Å². The first kappa shape index (κ1) is 17.6. The van der Waals surface area contributed by atoms with Gasteiger partial charge in [-0.15, -0.1) is 0 Å². The van der Waals surface area contributed by atoms with E-state index in [1.165, 1.54) is 31.4 Å². The van der Waals surface area contributed by atoms with Gasteiger partial charge < -0.3 is 9.84 Å². The molecule has 96 valence electrons. The number of methoxy groups -OCH3 is 1. The maximum absolute atomic E-state index is 10.9. The summed E-state index contributed by atoms with van der Waals surface area (Å²) in [5.41, 5.74) is 0.486. The molecule has 4 heteroatoms. The van der Waals surface area contributed by atoms with Gasteiger partial charge in [0.2, 0.25) is 0 Å². The normalized spacial score (nSPS) is 7.82. The lowest BCUT2D eigenvalue weighted by molar-refractivity contribution is 0.0598. The van der Waals surface area contributed by atoms with Crippen molar-refractivity contribution in [2.75, 3.05) is 7.11 Å². The van der Waals surface area contributed by atoms with E-state index >= 15 is 0 Å². The van der Waals surface area contributed by atoms with E-state index < -0.39 is 11.9 Å². The lowest BCUT2D eigenvalue weighted by atomic mass is 10.1. The summed E-state index contributed by atoms with van der Waals surface area (Å²) in [7, 11) is 1.27. The number of hydrogen-bond donors (Lipinski definition) is 1. The number of carbonyl (C=O) groups excluding carboxylic acids is 1. The zero-order chi connectivity index (χ0) is 13.8. The van der Waals surface area contributed by atoms with Crippen LogP contribution in [0.25, 0.3) is 0 Å². The van der Waals surface area contributed by atoms with Crippen molar-refractivity contribution < 1.29 is 19.4 Å². The molecule has 4 nitrogen and oxygen atoms in total. The highest BCUT2D eigenvalue weighted by molar-refractivity contribution is 5.92. The average molecular weight is 240 g/mol. The van der Waals surface area contributed by atoms with Gasteiger partial charge in [-0.25, -0.2) is 9.59 Å². The van der Waals surface area contributed by atoms with Gasteiger partial charge in [0.1, 0.15) is 0 Å². The molecule has 0 amide bonds. The van der Waals surface area contributed by atoms with Gasteiger partial charge in [0.15, 0.2) is 0 Å². The van der Waals surface area contributed by atoms with Crippen molar-refractivity contribution in [1.29, 1.82) is 0 Å². The summed E-state index contributed by atoms with van der Waals surface area (Å²) in [6.07, 6.45) is 0. The van der Waals surface area contributed by atoms with E-state index in [1.54, 1.807) is 0 Å². The van der Waals surface area contributed by atoms with Crippen molar-refractivity contribution in [3.05, 3.63) is 35.4 Å². The van der Waals surface area contributed by atoms with E-state index in [0.717, 1.165) is 0 Å². The van der Waals surface area contributed by atoms with Crippen LogP contribution in [0.1, 0.15) is 48.4 Å². The second-order valence-corrected chi connectivity index (χ2v) is 2.37. The molecule has 0 atom stereocenters. The molecule has 0 radical (unpaired) electrons. The molecule has 0 aliphatic carbocycles. The molecule has 0 aliphatic heterocycles. The summed E-state index contributed by atoms with van der Waals surface area (Å²) in [6.45, 7) is 8.00. The minimum absolute atomic E-state index is 0.146. The quantitative estimate of drug-likeness (QED) is 0.806. The summed E-state index contributed by atoms with van der Waals surface area (Å²) in [5, 5.41) is 8.56. The molecule has 0 bridgehead atoms. The number of esters is 1. The molecule has 17 heavy (non-hydrogen) atoms. The van der Waals surface area contributed by atoms with Crippen molar-refractivity contribution in [1.82, 2.24) is 0 Å². The highest BCUT2D eigenvalue weighted by Gasteiger charge is 2.06. The van der Waals surface area contributed by atoms with E-state index in [-0.39, 0.29) is 5.56 Å². The van der Waals surface area contributed by atoms with Crippen molar-refractivity contribution in [2.45, 2.75) is 27.7 Å². The maximum atomic E-state index is 10.9. The number of ether oxygens (including phenoxy) is 1. The second-order valence-electron chi connectivity index (χ2n) is 2.37. The lowest BCUT2D eigenvalue weighted by Gasteiger charge is -1.98. The molecule has 1 aromatic rings. The van der Waals surface area contributed by atoms with Crippen molar-refractivity contribution in [3.63, 3.8) is 0 Å². The summed E-state index contributed by atoms with van der Waals surface area (Å²) in [6, 6.07) is 5.54. The first-order valence-electron chi connectivity index (χ1n) is 5.57. The fourth-order valence-electron chi connectivity index (χ4n) is 0.867. The van der Waals surface area contributed by atoms with Crippen molar-refractivity contribution in [2.24, 2.45) is 0 Å². The molecule has 0 heterocycles. The van der Waals surface area contributed by atoms with Crippen LogP contribution in [0.3, 0.4) is 0 Å². The van der Waals surface area contributed by atoms with Crippen LogP contribution in [-0.4, -0.2) is 24.2 Å². The van der Waals surface area contributed by atoms with Gasteiger partial charge in [0.25, 0.3) is 0 Å². The van der Waals surface area contributed by atoms with Crippen LogP contribution in [0.5, 0.6) is 0 Å². The highest BCUT2D eigenvalue weighted by Crippen LogP contribution is 2.05. The van der Waals surface area contributed by atoms with Crippen LogP contribution in [0.15, 0.2) is 24.3 Å². The van der Waals surface area contributed by atoms with Gasteiger partial charge in [0.05, 0.1) is 18.2 Å². The summed E-state index contributed by atoms with van der Waals surface area (Å²) in [4.78, 5) is 21.4. The smallest absolute Gasteiger partial charge is 0.337 e. The Morgan fingerprint density at radius 3 is 1.59 bits per heavy atom. The Bertz CT molecular complexity index is 328. The van der Waals surface area contributed by atoms with Crippen LogP contribution >= 0.6 is 0 Å². The molecule has 1 rings (SSSR count). The largest absolute Gasteiger partial charge is 0.478 e. The van der Waals surface area contributed by atoms with Crippen molar-refractivity contribution in [3.8, 4) is 0 Å². The van der Waals surface area contributed by atoms with Gasteiger partial charge in [-0.1, -0.05) is 27.7 Å². The molecular weight excluding hydrogens is 220 g/mol. The molecule has 0 aliphatic rings. The zero-order valence-corrected chi connectivity index (χ0v) is 11.0. The minimum Gasteiger partial charge on any atom is -0.478 e. The zero-order valence-electron chi connectivity index (χ0n) is 11.0. The molecule has 0 spiro atoms. The Balaban J connectivity index is 0. The Morgan fingerprint density at radius 2 is 1.29 bits per heavy atom. The Morgan fingerprint density at radius 1 is 0.941 bits per heavy atom. The average Bonchev–Trinajstić information content (AvgIpc) is 2.42. The highest BCUT2D eigenvalue weighted by atomic mass is 16.5. The predicted molar refractivity (Wildman–Crippen MR) is 67.4 cm³/mol. The third-order valence-corrected chi connectivity index (χ3v) is 1.55. The molecule has 1 aromatic carbocycles. The first-order valence-corrected chi connectivity index (χ1v) is 5.57. The summed E-state index contributed by atoms with van der Waals surface area (Å²) in [5.74, 6) is -1.49. The molecule has 0 unspecified atom stereocenters. The molecular formula is C13H20O4. The van der Waals surface area contributed by atoms with E-state index in [4.69, 9.17) is 5.11 Å². The Kier molecular flexibility index (Phi) is 11.0. The molecule has 0 fully saturated rings. The monoisotopic (exact) mass is 240 g/mol. The number of carbonyl (C=O) groups is 2. The van der Waals surface area contributed by atoms with Crippen molar-refractivity contribution >= 4 is 11.9 Å². The summed E-state index contributed by atoms with van der Waals surface area (Å²) >= 11 is 0. The van der Waals surface area contributed by atoms with E-state index in [1.807, 2.05) is 27.7 Å². The number of rotatable bonds is 2. The summed E-state index contributed by atoms with van der Waals surface area (Å²) < 4.78 is 4.45. The molecule has 0 aromatic heterocycles. The van der Waals surface area contributed by atoms with Gasteiger partial charge in [0, 0.05) is 0 Å². The number of carboxylic acids is 1. The SMILES string of the molecule is CC.CC.COC(=O)c1ccc(C(=O)O)cc1. The van der Waals surface area contributed by atoms with Crippen LogP contribution in [0.2, 0.25) is 0 Å². The predicted octanol–water partition coefficient (Wildman–Crippen LogP) is 3.22. The number of carboxylic acid groups (broad SMARTS) is 1. The maximum Gasteiger partial charge on any atom is 0.337 e. The number of aromatic carboxylic acids is 1. The third kappa shape index (κ3) is 6.35. The molecule has 0 saturated heterocycles. The fourth-order valence-corrected chi connectivity index (χ4v) is 0.867. The lowest BCUT2D eigenvalue weighted by Crippen LogP contribution is -2.02. The minimum atomic E-state index is -1.02. The number of benzene rings is 1. The molecule has 0 saturated carbocycles. The van der Waals surface area contributed by atoms with E-state index in [9.17, 15) is 9.59 Å². The Hall–Kier alpha value is -1.84. The Labute approximate surface area is 102 Å². The van der Waals surface area contributed by atoms with Gasteiger partial charge in [-0.2, -0.15) is 0 Å². The standard InChI is InChI=1S/C9H8O4.2C2H6/c1-13-9(12)7-4-2-6(3-5-7)8(10)11;2*1-2/h2-5H,1H3,(H,10,11);2*1-2H3. The van der Waals surface area contributed by atoms with Crippen LogP contribution < -0.4 is 0 Å². The molecule has 1 N–H and O–H groups in total. The van der Waals surface area contributed by atoms with Gasteiger partial charge in [-0.3, -0.25) is 0 Å².